The molecule has 0 aliphatic heterocycles. The molecule has 0 amide bonds. The first-order valence-electron chi connectivity index (χ1n) is 28.3. The lowest BCUT2D eigenvalue weighted by atomic mass is 9.39. The number of thiophene rings is 4. The molecule has 0 bridgehead atoms. The number of benzene rings is 9. The maximum atomic E-state index is 15.1. The first kappa shape index (κ1) is 69.5. The zero-order valence-corrected chi connectivity index (χ0v) is 52.1. The van der Waals surface area contributed by atoms with Crippen LogP contribution in [-0.2, 0) is 0 Å². The van der Waals surface area contributed by atoms with Crippen LogP contribution in [0.5, 0.6) is 0 Å². The molecule has 13 aromatic rings. The van der Waals surface area contributed by atoms with Gasteiger partial charge in [-0.2, -0.15) is 0 Å². The van der Waals surface area contributed by atoms with Crippen LogP contribution in [-0.4, -0.2) is 13.4 Å². The quantitative estimate of drug-likeness (QED) is 0.0463. The smallest absolute Gasteiger partial charge is 0.269 e. The normalized spacial score (nSPS) is 11.1. The summed E-state index contributed by atoms with van der Waals surface area (Å²) in [5.74, 6) is -49.8. The lowest BCUT2D eigenvalue weighted by Gasteiger charge is -2.23. The second-order valence-electron chi connectivity index (χ2n) is 20.6. The minimum Gasteiger partial charge on any atom is -0.302 e. The van der Waals surface area contributed by atoms with Crippen molar-refractivity contribution in [3.63, 3.8) is 0 Å². The van der Waals surface area contributed by atoms with Crippen LogP contribution in [0.1, 0.15) is 0 Å². The zero-order valence-electron chi connectivity index (χ0n) is 48.9. The van der Waals surface area contributed by atoms with Crippen LogP contribution >= 0.6 is 45.3 Å². The molecule has 13 rings (SSSR count). The van der Waals surface area contributed by atoms with Gasteiger partial charge in [-0.15, -0.1) is 45.3 Å². The van der Waals surface area contributed by atoms with E-state index in [4.69, 9.17) is 0 Å². The van der Waals surface area contributed by atoms with Crippen LogP contribution in [0.3, 0.4) is 0 Å². The number of para-hydroxylation sites is 4. The van der Waals surface area contributed by atoms with Crippen LogP contribution in [0.15, 0.2) is 206 Å². The van der Waals surface area contributed by atoms with Crippen molar-refractivity contribution in [3.05, 3.63) is 323 Å². The Kier molecular flexibility index (Phi) is 20.9. The Bertz CT molecular complexity index is 4380. The van der Waals surface area contributed by atoms with E-state index in [1.165, 1.54) is 34.8 Å². The Balaban J connectivity index is 0.000000182. The van der Waals surface area contributed by atoms with Crippen molar-refractivity contribution in [2.24, 2.45) is 0 Å². The molecule has 98 heavy (non-hydrogen) atoms. The summed E-state index contributed by atoms with van der Waals surface area (Å²) in [6, 6.07) is 60.7. The fourth-order valence-electron chi connectivity index (χ4n) is 10.3. The van der Waals surface area contributed by atoms with Crippen molar-refractivity contribution in [2.45, 2.75) is 0 Å². The van der Waals surface area contributed by atoms with Crippen molar-refractivity contribution < 1.29 is 87.8 Å². The van der Waals surface area contributed by atoms with E-state index in [2.05, 4.69) is 0 Å². The highest BCUT2D eigenvalue weighted by atomic mass is 32.1. The zero-order chi connectivity index (χ0) is 70.0. The molecule has 0 fully saturated rings. The Hall–Kier alpha value is -9.89. The lowest BCUT2D eigenvalue weighted by Crippen LogP contribution is -2.57. The molecule has 0 N–H and O–H groups in total. The third-order valence-electron chi connectivity index (χ3n) is 14.8. The van der Waals surface area contributed by atoms with Gasteiger partial charge in [-0.1, -0.05) is 121 Å². The van der Waals surface area contributed by atoms with E-state index in [9.17, 15) is 52.7 Å². The van der Waals surface area contributed by atoms with Gasteiger partial charge in [-0.05, 0) is 94.5 Å². The van der Waals surface area contributed by atoms with E-state index in [1.807, 2.05) is 168 Å². The Morgan fingerprint density at radius 1 is 0.184 bits per heavy atom. The lowest BCUT2D eigenvalue weighted by molar-refractivity contribution is 0.382. The van der Waals surface area contributed by atoms with E-state index in [0.717, 1.165) is 34.9 Å². The van der Waals surface area contributed by atoms with Crippen LogP contribution in [0.4, 0.5) is 121 Å². The molecule has 0 saturated heterocycles. The largest absolute Gasteiger partial charge is 0.302 e. The standard InChI is InChI=1S/2C32H14BF10NS2.C6H6/c2*34-23-21(24(35)28(39)31(42)27(23)38)33(22-25(36)29(40)32(43)30(41)26(22)37)19-13-11-17(45-19)18-12-14-20(46-18)44(15-7-3-1-4-8-15)16-9-5-2-6-10-16;1-2-4-6-5-3-1/h2*1-14H;1-6H. The summed E-state index contributed by atoms with van der Waals surface area (Å²) in [6.45, 7) is -5.23. The van der Waals surface area contributed by atoms with Gasteiger partial charge in [0.25, 0.3) is 13.4 Å². The summed E-state index contributed by atoms with van der Waals surface area (Å²) >= 11 is 3.69. The van der Waals surface area contributed by atoms with E-state index >= 15 is 35.1 Å². The van der Waals surface area contributed by atoms with Crippen molar-refractivity contribution in [3.8, 4) is 19.5 Å². The minimum absolute atomic E-state index is 0.310. The third kappa shape index (κ3) is 13.4. The molecule has 0 atom stereocenters. The maximum absolute atomic E-state index is 15.1. The van der Waals surface area contributed by atoms with E-state index in [1.54, 1.807) is 24.3 Å². The minimum atomic E-state index is -2.61. The first-order chi connectivity index (χ1) is 47.0. The van der Waals surface area contributed by atoms with Crippen molar-refractivity contribution in [1.29, 1.82) is 0 Å². The van der Waals surface area contributed by atoms with Gasteiger partial charge >= 0.3 is 0 Å². The molecule has 0 aliphatic carbocycles. The molecule has 4 aromatic heterocycles. The van der Waals surface area contributed by atoms with E-state index < -0.39 is 161 Å². The predicted octanol–water partition coefficient (Wildman–Crippen LogP) is 19.4. The van der Waals surface area contributed by atoms with Crippen molar-refractivity contribution in [1.82, 2.24) is 0 Å². The molecular weight excluding hydrogens is 1400 g/mol. The molecule has 0 spiro atoms. The van der Waals surface area contributed by atoms with Crippen LogP contribution in [0, 0.1) is 116 Å². The summed E-state index contributed by atoms with van der Waals surface area (Å²) < 4.78 is 290. The average molecular weight is 1430 g/mol. The molecule has 0 aliphatic rings. The number of anilines is 6. The Labute approximate surface area is 559 Å². The number of nitrogens with zero attached hydrogens (tertiary/aromatic N) is 2. The predicted molar refractivity (Wildman–Crippen MR) is 345 cm³/mol. The molecule has 9 aromatic carbocycles. The summed E-state index contributed by atoms with van der Waals surface area (Å²) in [4.78, 5) is 5.49. The highest BCUT2D eigenvalue weighted by molar-refractivity contribution is 7.32. The van der Waals surface area contributed by atoms with Crippen LogP contribution < -0.4 is 41.2 Å². The monoisotopic (exact) mass is 1430 g/mol. The SMILES string of the molecule is Fc1c(F)c(F)c(B(c2ccc(-c3ccc(N(c4ccccc4)c4ccccc4)s3)s2)c2c(F)c(F)c(F)c(F)c2F)c(F)c1F.Fc1c(F)c(F)c(B(c2ccc(-c3ccc(N(c4ccccc4)c4ccccc4)s3)s2)c2c(F)c(F)c(F)c(F)c2F)c(F)c1F.c1ccccc1. The average Bonchev–Trinajstić information content (AvgIpc) is 1.02. The van der Waals surface area contributed by atoms with Gasteiger partial charge in [0.1, 0.15) is 10.0 Å². The van der Waals surface area contributed by atoms with Crippen molar-refractivity contribution >= 4 is 123 Å². The topological polar surface area (TPSA) is 6.48 Å². The fraction of sp³-hybridized carbons (Fsp3) is 0. The summed E-state index contributed by atoms with van der Waals surface area (Å²) in [5, 5.41) is 1.39. The number of hydrogen-bond donors (Lipinski definition) is 0. The van der Waals surface area contributed by atoms with Gasteiger partial charge in [-0.25, -0.2) is 87.8 Å². The maximum Gasteiger partial charge on any atom is 0.269 e. The highest BCUT2D eigenvalue weighted by Crippen LogP contribution is 2.44. The van der Waals surface area contributed by atoms with Crippen LogP contribution in [0.2, 0.25) is 0 Å². The molecule has 2 nitrogen and oxygen atoms in total. The first-order valence-corrected chi connectivity index (χ1v) is 31.5. The number of hydrogen-bond acceptors (Lipinski definition) is 6. The number of halogens is 20. The summed E-state index contributed by atoms with van der Waals surface area (Å²) in [6.07, 6.45) is 0. The van der Waals surface area contributed by atoms with Gasteiger partial charge in [0.2, 0.25) is 0 Å². The summed E-state index contributed by atoms with van der Waals surface area (Å²) in [7, 11) is 0. The number of rotatable bonds is 14. The van der Waals surface area contributed by atoms with Gasteiger partial charge in [0.05, 0.1) is 0 Å². The Morgan fingerprint density at radius 2 is 0.357 bits per heavy atom. The second-order valence-corrected chi connectivity index (χ2v) is 25.0. The van der Waals surface area contributed by atoms with Crippen LogP contribution in [0.25, 0.3) is 19.5 Å². The molecular formula is C70H34B2F20N2S4. The molecule has 0 radical (unpaired) electrons. The second kappa shape index (κ2) is 29.4. The summed E-state index contributed by atoms with van der Waals surface area (Å²) in [5.41, 5.74) is -3.92. The van der Waals surface area contributed by atoms with Gasteiger partial charge in [-0.3, -0.25) is 0 Å². The Morgan fingerprint density at radius 3 is 0.571 bits per heavy atom. The van der Waals surface area contributed by atoms with Crippen molar-refractivity contribution in [2.75, 3.05) is 9.80 Å². The van der Waals surface area contributed by atoms with Gasteiger partial charge < -0.3 is 9.80 Å². The fourth-order valence-corrected chi connectivity index (χ4v) is 14.8. The van der Waals surface area contributed by atoms with Gasteiger partial charge in [0.15, 0.2) is 116 Å². The highest BCUT2D eigenvalue weighted by Gasteiger charge is 2.44. The molecule has 4 heterocycles. The molecule has 28 heteroatoms. The van der Waals surface area contributed by atoms with Gasteiger partial charge in [0, 0.05) is 64.1 Å². The molecule has 494 valence electrons. The van der Waals surface area contributed by atoms with E-state index in [0.29, 0.717) is 52.2 Å². The molecule has 0 saturated carbocycles. The third-order valence-corrected chi connectivity index (χ3v) is 19.6. The molecule has 0 unspecified atom stereocenters. The van der Waals surface area contributed by atoms with E-state index in [-0.39, 0.29) is 0 Å².